The Hall–Kier alpha value is -0.890. The van der Waals surface area contributed by atoms with Gasteiger partial charge in [0, 0.05) is 5.92 Å². The summed E-state index contributed by atoms with van der Waals surface area (Å²) in [7, 11) is 0. The van der Waals surface area contributed by atoms with E-state index in [-0.39, 0.29) is 11.7 Å². The van der Waals surface area contributed by atoms with Crippen LogP contribution in [-0.2, 0) is 0 Å². The Balaban J connectivity index is 2.97. The van der Waals surface area contributed by atoms with Gasteiger partial charge in [0.15, 0.2) is 0 Å². The number of hydrogen-bond donors (Lipinski definition) is 1. The fraction of sp³-hybridized carbons (Fsp3) is 0.455. The van der Waals surface area contributed by atoms with Crippen molar-refractivity contribution in [1.82, 2.24) is 0 Å². The molecule has 1 rings (SSSR count). The van der Waals surface area contributed by atoms with Crippen LogP contribution in [0.1, 0.15) is 30.9 Å². The second-order valence-corrected chi connectivity index (χ2v) is 3.54. The summed E-state index contributed by atoms with van der Waals surface area (Å²) < 4.78 is 12.9. The van der Waals surface area contributed by atoms with E-state index in [0.29, 0.717) is 5.56 Å². The van der Waals surface area contributed by atoms with Crippen molar-refractivity contribution < 1.29 is 9.50 Å². The number of aliphatic hydroxyl groups excluding tert-OH is 1. The molecule has 0 heterocycles. The smallest absolute Gasteiger partial charge is 0.126 e. The van der Waals surface area contributed by atoms with E-state index in [0.717, 1.165) is 5.56 Å². The topological polar surface area (TPSA) is 20.2 Å². The molecular weight excluding hydrogens is 167 g/mol. The Morgan fingerprint density at radius 2 is 1.92 bits per heavy atom. The van der Waals surface area contributed by atoms with Crippen molar-refractivity contribution in [2.45, 2.75) is 32.8 Å². The molecule has 0 aromatic heterocycles. The van der Waals surface area contributed by atoms with Gasteiger partial charge in [-0.1, -0.05) is 19.1 Å². The fourth-order valence-electron chi connectivity index (χ4n) is 1.23. The molecule has 72 valence electrons. The minimum absolute atomic E-state index is 0.0549. The molecule has 2 unspecified atom stereocenters. The molecule has 0 radical (unpaired) electrons. The first kappa shape index (κ1) is 10.2. The largest absolute Gasteiger partial charge is 0.393 e. The van der Waals surface area contributed by atoms with Crippen LogP contribution in [0.15, 0.2) is 18.2 Å². The molecule has 0 aliphatic heterocycles. The zero-order chi connectivity index (χ0) is 10.0. The molecule has 1 nitrogen and oxygen atoms in total. The van der Waals surface area contributed by atoms with E-state index in [1.807, 2.05) is 6.92 Å². The van der Waals surface area contributed by atoms with Crippen LogP contribution >= 0.6 is 0 Å². The highest BCUT2D eigenvalue weighted by Gasteiger charge is 2.12. The summed E-state index contributed by atoms with van der Waals surface area (Å²) in [4.78, 5) is 0. The Morgan fingerprint density at radius 3 is 2.38 bits per heavy atom. The number of aliphatic hydroxyl groups is 1. The molecule has 13 heavy (non-hydrogen) atoms. The van der Waals surface area contributed by atoms with Gasteiger partial charge >= 0.3 is 0 Å². The first-order valence-electron chi connectivity index (χ1n) is 4.46. The first-order chi connectivity index (χ1) is 6.02. The summed E-state index contributed by atoms with van der Waals surface area (Å²) in [6.07, 6.45) is -0.398. The Morgan fingerprint density at radius 1 is 1.31 bits per heavy atom. The van der Waals surface area contributed by atoms with E-state index >= 15 is 0 Å². The van der Waals surface area contributed by atoms with E-state index in [2.05, 4.69) is 0 Å². The van der Waals surface area contributed by atoms with E-state index in [1.165, 1.54) is 6.07 Å². The quantitative estimate of drug-likeness (QED) is 0.745. The molecule has 1 aromatic rings. The summed E-state index contributed by atoms with van der Waals surface area (Å²) >= 11 is 0. The minimum Gasteiger partial charge on any atom is -0.393 e. The standard InChI is InChI=1S/C11H15FO/c1-7-6-10(4-5-11(7)12)8(2)9(3)13/h4-6,8-9,13H,1-3H3. The van der Waals surface area contributed by atoms with Crippen molar-refractivity contribution >= 4 is 0 Å². The second kappa shape index (κ2) is 3.88. The molecule has 2 atom stereocenters. The summed E-state index contributed by atoms with van der Waals surface area (Å²) in [6, 6.07) is 4.95. The second-order valence-electron chi connectivity index (χ2n) is 3.54. The molecule has 0 saturated heterocycles. The molecule has 1 N–H and O–H groups in total. The van der Waals surface area contributed by atoms with Gasteiger partial charge in [-0.25, -0.2) is 4.39 Å². The maximum Gasteiger partial charge on any atom is 0.126 e. The minimum atomic E-state index is -0.398. The third kappa shape index (κ3) is 2.28. The van der Waals surface area contributed by atoms with Gasteiger partial charge in [-0.3, -0.25) is 0 Å². The molecule has 0 spiro atoms. The number of benzene rings is 1. The molecule has 0 aliphatic carbocycles. The van der Waals surface area contributed by atoms with Gasteiger partial charge in [0.1, 0.15) is 5.82 Å². The van der Waals surface area contributed by atoms with Crippen LogP contribution in [0, 0.1) is 12.7 Å². The summed E-state index contributed by atoms with van der Waals surface area (Å²) in [5.74, 6) is -0.138. The van der Waals surface area contributed by atoms with E-state index < -0.39 is 6.10 Å². The highest BCUT2D eigenvalue weighted by molar-refractivity contribution is 5.26. The zero-order valence-corrected chi connectivity index (χ0v) is 8.21. The van der Waals surface area contributed by atoms with Crippen LogP contribution in [0.5, 0.6) is 0 Å². The summed E-state index contributed by atoms with van der Waals surface area (Å²) in [5, 5.41) is 9.34. The van der Waals surface area contributed by atoms with Crippen molar-refractivity contribution in [3.8, 4) is 0 Å². The Kier molecular flexibility index (Phi) is 3.04. The lowest BCUT2D eigenvalue weighted by molar-refractivity contribution is 0.169. The molecule has 0 bridgehead atoms. The average Bonchev–Trinajstić information content (AvgIpc) is 2.08. The van der Waals surface area contributed by atoms with Crippen molar-refractivity contribution in [2.75, 3.05) is 0 Å². The lowest BCUT2D eigenvalue weighted by atomic mass is 9.95. The van der Waals surface area contributed by atoms with Gasteiger partial charge < -0.3 is 5.11 Å². The van der Waals surface area contributed by atoms with E-state index in [9.17, 15) is 9.50 Å². The van der Waals surface area contributed by atoms with Crippen LogP contribution in [0.4, 0.5) is 4.39 Å². The van der Waals surface area contributed by atoms with E-state index in [1.54, 1.807) is 26.0 Å². The maximum atomic E-state index is 12.9. The monoisotopic (exact) mass is 182 g/mol. The summed E-state index contributed by atoms with van der Waals surface area (Å²) in [6.45, 7) is 5.40. The SMILES string of the molecule is Cc1cc(C(C)C(C)O)ccc1F. The van der Waals surface area contributed by atoms with Crippen LogP contribution in [0.3, 0.4) is 0 Å². The van der Waals surface area contributed by atoms with Crippen molar-refractivity contribution in [3.05, 3.63) is 35.1 Å². The lowest BCUT2D eigenvalue weighted by Gasteiger charge is -2.15. The lowest BCUT2D eigenvalue weighted by Crippen LogP contribution is -2.11. The van der Waals surface area contributed by atoms with Crippen LogP contribution in [0.25, 0.3) is 0 Å². The first-order valence-corrected chi connectivity index (χ1v) is 4.46. The molecule has 0 aliphatic rings. The highest BCUT2D eigenvalue weighted by Crippen LogP contribution is 2.21. The Bertz CT molecular complexity index is 294. The highest BCUT2D eigenvalue weighted by atomic mass is 19.1. The van der Waals surface area contributed by atoms with Crippen molar-refractivity contribution in [1.29, 1.82) is 0 Å². The van der Waals surface area contributed by atoms with Crippen molar-refractivity contribution in [3.63, 3.8) is 0 Å². The van der Waals surface area contributed by atoms with Crippen LogP contribution < -0.4 is 0 Å². The number of halogens is 1. The van der Waals surface area contributed by atoms with E-state index in [4.69, 9.17) is 0 Å². The average molecular weight is 182 g/mol. The third-order valence-electron chi connectivity index (χ3n) is 2.43. The Labute approximate surface area is 78.2 Å². The maximum absolute atomic E-state index is 12.9. The zero-order valence-electron chi connectivity index (χ0n) is 8.21. The van der Waals surface area contributed by atoms with Gasteiger partial charge in [0.05, 0.1) is 6.10 Å². The van der Waals surface area contributed by atoms with Gasteiger partial charge in [0.2, 0.25) is 0 Å². The normalized spacial score (nSPS) is 15.5. The number of aryl methyl sites for hydroxylation is 1. The van der Waals surface area contributed by atoms with Crippen LogP contribution in [0.2, 0.25) is 0 Å². The van der Waals surface area contributed by atoms with Gasteiger partial charge in [-0.05, 0) is 31.0 Å². The third-order valence-corrected chi connectivity index (χ3v) is 2.43. The van der Waals surface area contributed by atoms with Crippen LogP contribution in [-0.4, -0.2) is 11.2 Å². The number of hydrogen-bond acceptors (Lipinski definition) is 1. The molecule has 0 fully saturated rings. The van der Waals surface area contributed by atoms with Gasteiger partial charge in [0.25, 0.3) is 0 Å². The molecule has 1 aromatic carbocycles. The molecule has 2 heteroatoms. The fourth-order valence-corrected chi connectivity index (χ4v) is 1.23. The number of rotatable bonds is 2. The van der Waals surface area contributed by atoms with Gasteiger partial charge in [-0.2, -0.15) is 0 Å². The molecule has 0 amide bonds. The predicted octanol–water partition coefficient (Wildman–Crippen LogP) is 2.62. The summed E-state index contributed by atoms with van der Waals surface area (Å²) in [5.41, 5.74) is 1.61. The predicted molar refractivity (Wildman–Crippen MR) is 51.2 cm³/mol. The molecule has 0 saturated carbocycles. The molecular formula is C11H15FO. The van der Waals surface area contributed by atoms with Gasteiger partial charge in [-0.15, -0.1) is 0 Å². The van der Waals surface area contributed by atoms with Crippen molar-refractivity contribution in [2.24, 2.45) is 0 Å².